The molecular formula is C30H36FN3O8. The summed E-state index contributed by atoms with van der Waals surface area (Å²) in [6.07, 6.45) is -0.912. The van der Waals surface area contributed by atoms with Crippen LogP contribution in [0, 0.1) is 19.7 Å². The van der Waals surface area contributed by atoms with Gasteiger partial charge in [-0.25, -0.2) is 9.18 Å². The van der Waals surface area contributed by atoms with Crippen molar-refractivity contribution in [3.63, 3.8) is 0 Å². The number of carbonyl (C=O) groups excluding carboxylic acids is 1. The van der Waals surface area contributed by atoms with Gasteiger partial charge in [-0.3, -0.25) is 19.3 Å². The average molecular weight is 586 g/mol. The van der Waals surface area contributed by atoms with E-state index < -0.39 is 41.9 Å². The molecule has 42 heavy (non-hydrogen) atoms. The zero-order valence-electron chi connectivity index (χ0n) is 23.7. The number of nitrogens with one attached hydrogen (secondary N) is 2. The molecular weight excluding hydrogens is 549 g/mol. The van der Waals surface area contributed by atoms with E-state index in [2.05, 4.69) is 47.2 Å². The van der Waals surface area contributed by atoms with E-state index in [0.29, 0.717) is 18.4 Å². The van der Waals surface area contributed by atoms with Crippen LogP contribution in [0.5, 0.6) is 0 Å². The minimum atomic E-state index is -2.74. The largest absolute Gasteiger partial charge is 0.481 e. The van der Waals surface area contributed by atoms with Crippen molar-refractivity contribution in [3.8, 4) is 0 Å². The van der Waals surface area contributed by atoms with Crippen LogP contribution in [-0.4, -0.2) is 72.8 Å². The second-order valence-electron chi connectivity index (χ2n) is 10.7. The molecule has 1 saturated heterocycles. The van der Waals surface area contributed by atoms with Gasteiger partial charge in [0, 0.05) is 48.7 Å². The number of carbonyl (C=O) groups is 4. The molecule has 226 valence electrons. The van der Waals surface area contributed by atoms with Crippen LogP contribution in [0.25, 0.3) is 10.9 Å². The normalized spacial score (nSPS) is 15.0. The zero-order chi connectivity index (χ0) is 31.2. The highest BCUT2D eigenvalue weighted by atomic mass is 19.1. The summed E-state index contributed by atoms with van der Waals surface area (Å²) < 4.78 is 14.6. The predicted molar refractivity (Wildman–Crippen MR) is 151 cm³/mol. The summed E-state index contributed by atoms with van der Waals surface area (Å²) in [5.41, 5.74) is 2.19. The van der Waals surface area contributed by atoms with Gasteiger partial charge in [-0.2, -0.15) is 0 Å². The molecule has 0 aliphatic carbocycles. The lowest BCUT2D eigenvalue weighted by Crippen LogP contribution is -2.52. The van der Waals surface area contributed by atoms with Gasteiger partial charge in [-0.1, -0.05) is 36.4 Å². The number of aliphatic carboxylic acids is 3. The van der Waals surface area contributed by atoms with Crippen LogP contribution in [0.4, 0.5) is 4.39 Å². The molecule has 1 fully saturated rings. The Kier molecular flexibility index (Phi) is 10.1. The van der Waals surface area contributed by atoms with Crippen LogP contribution in [0.15, 0.2) is 42.5 Å². The van der Waals surface area contributed by atoms with E-state index in [1.165, 1.54) is 40.7 Å². The van der Waals surface area contributed by atoms with Crippen LogP contribution in [-0.2, 0) is 31.3 Å². The number of carboxylic acid groups (broad SMARTS) is 3. The van der Waals surface area contributed by atoms with Gasteiger partial charge >= 0.3 is 17.9 Å². The van der Waals surface area contributed by atoms with Crippen molar-refractivity contribution < 1.29 is 44.0 Å². The van der Waals surface area contributed by atoms with E-state index in [1.54, 1.807) is 12.1 Å². The van der Waals surface area contributed by atoms with Gasteiger partial charge in [0.2, 0.25) is 5.91 Å². The number of hydrogen-bond acceptors (Lipinski definition) is 6. The molecule has 1 aliphatic rings. The molecule has 2 heterocycles. The number of piperidine rings is 1. The van der Waals surface area contributed by atoms with Crippen LogP contribution in [0.2, 0.25) is 0 Å². The maximum atomic E-state index is 14.6. The molecule has 0 saturated carbocycles. The molecule has 11 nitrogen and oxygen atoms in total. The Hall–Kier alpha value is -4.29. The van der Waals surface area contributed by atoms with E-state index in [1.807, 2.05) is 6.07 Å². The predicted octanol–water partition coefficient (Wildman–Crippen LogP) is 3.30. The quantitative estimate of drug-likeness (QED) is 0.220. The smallest absolute Gasteiger partial charge is 0.336 e. The Balaban J connectivity index is 0.000000316. The van der Waals surface area contributed by atoms with Crippen LogP contribution in [0.3, 0.4) is 0 Å². The lowest BCUT2D eigenvalue weighted by atomic mass is 9.80. The number of aromatic amines is 1. The molecule has 2 aromatic carbocycles. The first-order valence-corrected chi connectivity index (χ1v) is 13.4. The number of aryl methyl sites for hydroxylation is 2. The van der Waals surface area contributed by atoms with Gasteiger partial charge in [-0.15, -0.1) is 0 Å². The number of para-hydroxylation sites is 1. The van der Waals surface area contributed by atoms with Crippen molar-refractivity contribution in [3.05, 3.63) is 70.7 Å². The number of amides is 1. The number of carboxylic acids is 3. The molecule has 0 atom stereocenters. The maximum absolute atomic E-state index is 14.6. The van der Waals surface area contributed by atoms with Gasteiger partial charge in [-0.05, 0) is 43.9 Å². The van der Waals surface area contributed by atoms with E-state index in [0.717, 1.165) is 19.6 Å². The standard InChI is InChI=1S/C24H28FN3O.C6H8O7/c1-16-7-6-8-19-20(17(2)26-23(16)19)15-28-13-11-24(12-14-28,27-18(3)29)21-9-4-5-10-22(21)25;7-3(8)1-6(13,5(11)12)2-4(9)10/h4-10,26H,11-15H2,1-3H3,(H,27,29);13H,1-2H2,(H,7,8)(H,9,10)(H,11,12). The fourth-order valence-electron chi connectivity index (χ4n) is 5.43. The SMILES string of the molecule is CC(=O)NC1(c2ccccc2F)CCN(Cc2c(C)[nH]c3c(C)cccc23)CC1.O=C(O)CC(O)(CC(=O)O)C(=O)O. The highest BCUT2D eigenvalue weighted by Gasteiger charge is 2.41. The van der Waals surface area contributed by atoms with Crippen molar-refractivity contribution in [1.29, 1.82) is 0 Å². The molecule has 12 heteroatoms. The lowest BCUT2D eigenvalue weighted by Gasteiger charge is -2.42. The second kappa shape index (κ2) is 13.1. The van der Waals surface area contributed by atoms with Crippen molar-refractivity contribution in [1.82, 2.24) is 15.2 Å². The molecule has 0 unspecified atom stereocenters. The molecule has 0 bridgehead atoms. The number of aliphatic hydroxyl groups is 1. The van der Waals surface area contributed by atoms with Crippen molar-refractivity contribution >= 4 is 34.7 Å². The third-order valence-electron chi connectivity index (χ3n) is 7.54. The second-order valence-corrected chi connectivity index (χ2v) is 10.7. The number of halogens is 1. The Morgan fingerprint density at radius 1 is 0.976 bits per heavy atom. The summed E-state index contributed by atoms with van der Waals surface area (Å²) in [6, 6.07) is 13.2. The van der Waals surface area contributed by atoms with Gasteiger partial charge in [0.25, 0.3) is 0 Å². The fraction of sp³-hybridized carbons (Fsp3) is 0.400. The highest BCUT2D eigenvalue weighted by Crippen LogP contribution is 2.36. The number of H-pyrrole nitrogens is 1. The third kappa shape index (κ3) is 7.51. The maximum Gasteiger partial charge on any atom is 0.336 e. The van der Waals surface area contributed by atoms with E-state index in [4.69, 9.17) is 20.4 Å². The molecule has 0 radical (unpaired) electrons. The first kappa shape index (κ1) is 32.2. The lowest BCUT2D eigenvalue weighted by molar-refractivity contribution is -0.170. The fourth-order valence-corrected chi connectivity index (χ4v) is 5.43. The number of benzene rings is 2. The number of aromatic nitrogens is 1. The number of rotatable bonds is 9. The number of likely N-dealkylation sites (tertiary alicyclic amines) is 1. The number of hydrogen-bond donors (Lipinski definition) is 6. The molecule has 1 aromatic heterocycles. The summed E-state index contributed by atoms with van der Waals surface area (Å²) in [5.74, 6) is -5.39. The first-order valence-electron chi connectivity index (χ1n) is 13.4. The van der Waals surface area contributed by atoms with Crippen LogP contribution >= 0.6 is 0 Å². The van der Waals surface area contributed by atoms with Gasteiger partial charge in [0.15, 0.2) is 5.60 Å². The van der Waals surface area contributed by atoms with Crippen molar-refractivity contribution in [2.75, 3.05) is 13.1 Å². The molecule has 6 N–H and O–H groups in total. The van der Waals surface area contributed by atoms with Gasteiger partial charge < -0.3 is 30.7 Å². The minimum absolute atomic E-state index is 0.121. The Bertz CT molecular complexity index is 1460. The summed E-state index contributed by atoms with van der Waals surface area (Å²) in [5, 5.41) is 38.2. The molecule has 3 aromatic rings. The Morgan fingerprint density at radius 3 is 2.10 bits per heavy atom. The Labute approximate surface area is 242 Å². The number of fused-ring (bicyclic) bond motifs is 1. The topological polar surface area (TPSA) is 180 Å². The molecule has 4 rings (SSSR count). The summed E-state index contributed by atoms with van der Waals surface area (Å²) >= 11 is 0. The van der Waals surface area contributed by atoms with Crippen molar-refractivity contribution in [2.45, 2.75) is 64.1 Å². The zero-order valence-corrected chi connectivity index (χ0v) is 23.7. The third-order valence-corrected chi connectivity index (χ3v) is 7.54. The van der Waals surface area contributed by atoms with Gasteiger partial charge in [0.1, 0.15) is 5.82 Å². The summed E-state index contributed by atoms with van der Waals surface area (Å²) in [6.45, 7) is 8.20. The average Bonchev–Trinajstić information content (AvgIpc) is 3.20. The highest BCUT2D eigenvalue weighted by molar-refractivity contribution is 5.88. The first-order chi connectivity index (χ1) is 19.7. The molecule has 1 aliphatic heterocycles. The van der Waals surface area contributed by atoms with Gasteiger partial charge in [0.05, 0.1) is 18.4 Å². The van der Waals surface area contributed by atoms with Crippen LogP contribution < -0.4 is 5.32 Å². The summed E-state index contributed by atoms with van der Waals surface area (Å²) in [4.78, 5) is 48.3. The van der Waals surface area contributed by atoms with Crippen LogP contribution in [0.1, 0.15) is 55.0 Å². The monoisotopic (exact) mass is 585 g/mol. The van der Waals surface area contributed by atoms with E-state index in [-0.39, 0.29) is 11.7 Å². The van der Waals surface area contributed by atoms with E-state index >= 15 is 0 Å². The Morgan fingerprint density at radius 2 is 1.57 bits per heavy atom. The minimum Gasteiger partial charge on any atom is -0.481 e. The molecule has 0 spiro atoms. The van der Waals surface area contributed by atoms with Crippen molar-refractivity contribution in [2.24, 2.45) is 0 Å². The van der Waals surface area contributed by atoms with E-state index in [9.17, 15) is 23.6 Å². The summed E-state index contributed by atoms with van der Waals surface area (Å²) in [7, 11) is 0. The number of nitrogens with zero attached hydrogens (tertiary/aromatic N) is 1. The molecule has 1 amide bonds.